The van der Waals surface area contributed by atoms with Gasteiger partial charge < -0.3 is 10.0 Å². The highest BCUT2D eigenvalue weighted by Gasteiger charge is 2.46. The number of nitrogens with zero attached hydrogens (tertiary/aromatic N) is 1. The van der Waals surface area contributed by atoms with Crippen molar-refractivity contribution in [3.05, 3.63) is 34.3 Å². The lowest BCUT2D eigenvalue weighted by Crippen LogP contribution is -2.42. The van der Waals surface area contributed by atoms with E-state index in [9.17, 15) is 14.7 Å². The summed E-state index contributed by atoms with van der Waals surface area (Å²) in [7, 11) is 1.72. The summed E-state index contributed by atoms with van der Waals surface area (Å²) in [5.74, 6) is -0.941. The van der Waals surface area contributed by atoms with Crippen molar-refractivity contribution in [2.24, 2.45) is 5.41 Å². The van der Waals surface area contributed by atoms with Crippen LogP contribution in [0.2, 0.25) is 0 Å². The van der Waals surface area contributed by atoms with Crippen LogP contribution in [0.25, 0.3) is 0 Å². The van der Waals surface area contributed by atoms with E-state index in [-0.39, 0.29) is 12.3 Å². The maximum Gasteiger partial charge on any atom is 0.310 e. The van der Waals surface area contributed by atoms with Crippen molar-refractivity contribution in [2.45, 2.75) is 32.2 Å². The van der Waals surface area contributed by atoms with Gasteiger partial charge in [-0.3, -0.25) is 9.59 Å². The van der Waals surface area contributed by atoms with Gasteiger partial charge in [-0.25, -0.2) is 0 Å². The van der Waals surface area contributed by atoms with Crippen LogP contribution < -0.4 is 0 Å². The summed E-state index contributed by atoms with van der Waals surface area (Å²) < 4.78 is 0.995. The lowest BCUT2D eigenvalue weighted by atomic mass is 9.66. The molecule has 1 aliphatic rings. The van der Waals surface area contributed by atoms with E-state index in [1.54, 1.807) is 11.9 Å². The molecule has 1 aliphatic carbocycles. The number of benzene rings is 1. The fourth-order valence-electron chi connectivity index (χ4n) is 2.45. The van der Waals surface area contributed by atoms with Crippen molar-refractivity contribution in [3.8, 4) is 0 Å². The highest BCUT2D eigenvalue weighted by molar-refractivity contribution is 9.10. The topological polar surface area (TPSA) is 57.6 Å². The molecule has 1 aromatic carbocycles. The van der Waals surface area contributed by atoms with E-state index in [1.165, 1.54) is 0 Å². The number of aliphatic carboxylic acids is 1. The quantitative estimate of drug-likeness (QED) is 0.896. The minimum Gasteiger partial charge on any atom is -0.481 e. The Morgan fingerprint density at radius 2 is 1.90 bits per heavy atom. The number of carboxylic acids is 1. The van der Waals surface area contributed by atoms with E-state index in [0.717, 1.165) is 16.5 Å². The van der Waals surface area contributed by atoms with Gasteiger partial charge in [0.25, 0.3) is 0 Å². The van der Waals surface area contributed by atoms with Gasteiger partial charge in [0, 0.05) is 24.5 Å². The SMILES string of the molecule is CN(Cc1ccc(Br)cc1)C(=O)CC1(C(=O)O)CCC1. The maximum atomic E-state index is 12.2. The molecule has 0 unspecified atom stereocenters. The van der Waals surface area contributed by atoms with Gasteiger partial charge in [0.05, 0.1) is 5.41 Å². The predicted octanol–water partition coefficient (Wildman–Crippen LogP) is 3.05. The second-order valence-electron chi connectivity index (χ2n) is 5.49. The molecular weight excluding hydrogens is 322 g/mol. The number of halogens is 1. The molecule has 0 atom stereocenters. The first-order valence-corrected chi connectivity index (χ1v) is 7.44. The van der Waals surface area contributed by atoms with E-state index < -0.39 is 11.4 Å². The van der Waals surface area contributed by atoms with Gasteiger partial charge in [-0.1, -0.05) is 34.5 Å². The number of carbonyl (C=O) groups excluding carboxylic acids is 1. The summed E-state index contributed by atoms with van der Waals surface area (Å²) in [6.07, 6.45) is 2.23. The average molecular weight is 340 g/mol. The number of rotatable bonds is 5. The minimum absolute atomic E-state index is 0.102. The van der Waals surface area contributed by atoms with Gasteiger partial charge in [0.1, 0.15) is 0 Å². The molecule has 0 radical (unpaired) electrons. The normalized spacial score (nSPS) is 16.3. The Labute approximate surface area is 126 Å². The summed E-state index contributed by atoms with van der Waals surface area (Å²) >= 11 is 3.37. The number of hydrogen-bond acceptors (Lipinski definition) is 2. The summed E-state index contributed by atoms with van der Waals surface area (Å²) in [5, 5.41) is 9.26. The predicted molar refractivity (Wildman–Crippen MR) is 79.2 cm³/mol. The number of carboxylic acid groups (broad SMARTS) is 1. The molecule has 1 fully saturated rings. The third-order valence-electron chi connectivity index (χ3n) is 4.01. The molecule has 108 valence electrons. The standard InChI is InChI=1S/C15H18BrNO3/c1-17(10-11-3-5-12(16)6-4-11)13(18)9-15(14(19)20)7-2-8-15/h3-6H,2,7-10H2,1H3,(H,19,20). The van der Waals surface area contributed by atoms with E-state index in [1.807, 2.05) is 24.3 Å². The van der Waals surface area contributed by atoms with E-state index in [4.69, 9.17) is 0 Å². The van der Waals surface area contributed by atoms with Crippen LogP contribution in [0, 0.1) is 5.41 Å². The highest BCUT2D eigenvalue weighted by Crippen LogP contribution is 2.44. The van der Waals surface area contributed by atoms with Crippen molar-refractivity contribution >= 4 is 27.8 Å². The zero-order valence-electron chi connectivity index (χ0n) is 11.4. The molecule has 0 aromatic heterocycles. The number of carbonyl (C=O) groups is 2. The van der Waals surface area contributed by atoms with Crippen LogP contribution in [0.4, 0.5) is 0 Å². The van der Waals surface area contributed by atoms with Crippen molar-refractivity contribution < 1.29 is 14.7 Å². The van der Waals surface area contributed by atoms with E-state index >= 15 is 0 Å². The maximum absolute atomic E-state index is 12.2. The van der Waals surface area contributed by atoms with Gasteiger partial charge >= 0.3 is 5.97 Å². The highest BCUT2D eigenvalue weighted by atomic mass is 79.9. The Bertz CT molecular complexity index is 508. The Kier molecular flexibility index (Phi) is 4.48. The zero-order chi connectivity index (χ0) is 14.8. The molecule has 1 saturated carbocycles. The Morgan fingerprint density at radius 3 is 2.35 bits per heavy atom. The third-order valence-corrected chi connectivity index (χ3v) is 4.54. The van der Waals surface area contributed by atoms with Gasteiger partial charge in [0.15, 0.2) is 0 Å². The molecule has 1 N–H and O–H groups in total. The van der Waals surface area contributed by atoms with Crippen LogP contribution in [0.1, 0.15) is 31.2 Å². The lowest BCUT2D eigenvalue weighted by Gasteiger charge is -2.38. The summed E-state index contributed by atoms with van der Waals surface area (Å²) in [4.78, 5) is 25.1. The van der Waals surface area contributed by atoms with Crippen molar-refractivity contribution in [1.29, 1.82) is 0 Å². The van der Waals surface area contributed by atoms with Crippen LogP contribution in [0.3, 0.4) is 0 Å². The third kappa shape index (κ3) is 3.20. The number of amides is 1. The monoisotopic (exact) mass is 339 g/mol. The first-order chi connectivity index (χ1) is 9.43. The molecule has 1 amide bonds. The fraction of sp³-hybridized carbons (Fsp3) is 0.467. The molecule has 0 saturated heterocycles. The number of hydrogen-bond donors (Lipinski definition) is 1. The van der Waals surface area contributed by atoms with Gasteiger partial charge in [-0.2, -0.15) is 0 Å². The van der Waals surface area contributed by atoms with E-state index in [2.05, 4.69) is 15.9 Å². The molecule has 0 heterocycles. The Balaban J connectivity index is 1.95. The second kappa shape index (κ2) is 5.95. The molecule has 0 aliphatic heterocycles. The van der Waals surface area contributed by atoms with Gasteiger partial charge in [-0.05, 0) is 30.5 Å². The molecule has 5 heteroatoms. The second-order valence-corrected chi connectivity index (χ2v) is 6.41. The largest absolute Gasteiger partial charge is 0.481 e. The Morgan fingerprint density at radius 1 is 1.30 bits per heavy atom. The smallest absolute Gasteiger partial charge is 0.310 e. The van der Waals surface area contributed by atoms with Gasteiger partial charge in [0.2, 0.25) is 5.91 Å². The van der Waals surface area contributed by atoms with Crippen LogP contribution in [0.15, 0.2) is 28.7 Å². The lowest BCUT2D eigenvalue weighted by molar-refractivity contribution is -0.159. The van der Waals surface area contributed by atoms with Crippen LogP contribution >= 0.6 is 15.9 Å². The fourth-order valence-corrected chi connectivity index (χ4v) is 2.71. The molecule has 20 heavy (non-hydrogen) atoms. The zero-order valence-corrected chi connectivity index (χ0v) is 13.0. The molecule has 0 bridgehead atoms. The van der Waals surface area contributed by atoms with Crippen molar-refractivity contribution in [1.82, 2.24) is 4.90 Å². The van der Waals surface area contributed by atoms with Crippen LogP contribution in [-0.4, -0.2) is 28.9 Å². The van der Waals surface area contributed by atoms with Crippen molar-refractivity contribution in [3.63, 3.8) is 0 Å². The molecule has 0 spiro atoms. The Hall–Kier alpha value is -1.36. The molecule has 4 nitrogen and oxygen atoms in total. The molecule has 1 aromatic rings. The molecule has 2 rings (SSSR count). The van der Waals surface area contributed by atoms with Gasteiger partial charge in [-0.15, -0.1) is 0 Å². The van der Waals surface area contributed by atoms with Crippen LogP contribution in [0.5, 0.6) is 0 Å². The average Bonchev–Trinajstić information content (AvgIpc) is 2.35. The van der Waals surface area contributed by atoms with E-state index in [0.29, 0.717) is 19.4 Å². The van der Waals surface area contributed by atoms with Crippen molar-refractivity contribution in [2.75, 3.05) is 7.05 Å². The molecular formula is C15H18BrNO3. The summed E-state index contributed by atoms with van der Waals surface area (Å²) in [6, 6.07) is 7.75. The summed E-state index contributed by atoms with van der Waals surface area (Å²) in [5.41, 5.74) is 0.215. The summed E-state index contributed by atoms with van der Waals surface area (Å²) in [6.45, 7) is 0.502. The first-order valence-electron chi connectivity index (χ1n) is 6.65. The minimum atomic E-state index is -0.839. The first kappa shape index (κ1) is 15.0. The van der Waals surface area contributed by atoms with Crippen LogP contribution in [-0.2, 0) is 16.1 Å².